The summed E-state index contributed by atoms with van der Waals surface area (Å²) in [5.74, 6) is -0.771. The number of anilines is 1. The van der Waals surface area contributed by atoms with Crippen LogP contribution >= 0.6 is 11.6 Å². The van der Waals surface area contributed by atoms with Gasteiger partial charge in [0.1, 0.15) is 5.75 Å². The highest BCUT2D eigenvalue weighted by molar-refractivity contribution is 6.33. The first-order chi connectivity index (χ1) is 11.0. The van der Waals surface area contributed by atoms with Crippen LogP contribution in [0.4, 0.5) is 5.69 Å². The summed E-state index contributed by atoms with van der Waals surface area (Å²) >= 11 is 5.99. The molecule has 0 aliphatic carbocycles. The van der Waals surface area contributed by atoms with Crippen molar-refractivity contribution in [3.05, 3.63) is 52.5 Å². The fourth-order valence-corrected chi connectivity index (χ4v) is 2.25. The van der Waals surface area contributed by atoms with Gasteiger partial charge in [-0.3, -0.25) is 4.79 Å². The number of halogens is 1. The number of carboxylic acid groups (broad SMARTS) is 1. The van der Waals surface area contributed by atoms with Gasteiger partial charge in [-0.2, -0.15) is 0 Å². The zero-order valence-electron chi connectivity index (χ0n) is 12.4. The van der Waals surface area contributed by atoms with Crippen LogP contribution in [0.3, 0.4) is 0 Å². The second kappa shape index (κ2) is 7.02. The zero-order chi connectivity index (χ0) is 17.0. The van der Waals surface area contributed by atoms with Crippen LogP contribution in [0, 0.1) is 0 Å². The normalized spacial score (nSPS) is 10.0. The molecule has 6 nitrogen and oxygen atoms in total. The zero-order valence-corrected chi connectivity index (χ0v) is 13.2. The van der Waals surface area contributed by atoms with E-state index in [0.717, 1.165) is 0 Å². The first-order valence-corrected chi connectivity index (χ1v) is 6.90. The Morgan fingerprint density at radius 2 is 1.70 bits per heavy atom. The molecule has 2 rings (SSSR count). The van der Waals surface area contributed by atoms with Crippen molar-refractivity contribution >= 4 is 29.2 Å². The van der Waals surface area contributed by atoms with Crippen molar-refractivity contribution in [3.8, 4) is 11.5 Å². The molecule has 0 radical (unpaired) electrons. The van der Waals surface area contributed by atoms with Crippen LogP contribution in [-0.4, -0.2) is 31.2 Å². The SMILES string of the molecule is COc1ccc(C(=O)Nc2cc(C(=O)O)cc(Cl)c2OC)cc1. The standard InChI is InChI=1S/C16H14ClNO5/c1-22-11-5-3-9(4-6-11)15(19)18-13-8-10(16(20)21)7-12(17)14(13)23-2/h3-8H,1-2H3,(H,18,19)(H,20,21). The van der Waals surface area contributed by atoms with E-state index in [2.05, 4.69) is 5.32 Å². The molecule has 0 atom stereocenters. The molecule has 23 heavy (non-hydrogen) atoms. The van der Waals surface area contributed by atoms with E-state index in [1.807, 2.05) is 0 Å². The summed E-state index contributed by atoms with van der Waals surface area (Å²) in [5.41, 5.74) is 0.503. The minimum absolute atomic E-state index is 0.0548. The Kier molecular flexibility index (Phi) is 5.08. The first-order valence-electron chi connectivity index (χ1n) is 6.52. The smallest absolute Gasteiger partial charge is 0.335 e. The van der Waals surface area contributed by atoms with E-state index in [1.165, 1.54) is 26.4 Å². The molecule has 0 heterocycles. The van der Waals surface area contributed by atoms with Gasteiger partial charge in [0.2, 0.25) is 0 Å². The predicted octanol–water partition coefficient (Wildman–Crippen LogP) is 3.31. The van der Waals surface area contributed by atoms with Gasteiger partial charge in [0.25, 0.3) is 5.91 Å². The number of carbonyl (C=O) groups excluding carboxylic acids is 1. The van der Waals surface area contributed by atoms with Crippen molar-refractivity contribution in [2.24, 2.45) is 0 Å². The summed E-state index contributed by atoms with van der Waals surface area (Å²) in [6, 6.07) is 9.01. The van der Waals surface area contributed by atoms with E-state index < -0.39 is 11.9 Å². The van der Waals surface area contributed by atoms with E-state index in [1.54, 1.807) is 24.3 Å². The monoisotopic (exact) mass is 335 g/mol. The molecule has 0 saturated carbocycles. The summed E-state index contributed by atoms with van der Waals surface area (Å²) in [5, 5.41) is 11.8. The second-order valence-electron chi connectivity index (χ2n) is 4.53. The highest BCUT2D eigenvalue weighted by atomic mass is 35.5. The highest BCUT2D eigenvalue weighted by Gasteiger charge is 2.16. The molecule has 7 heteroatoms. The predicted molar refractivity (Wildman–Crippen MR) is 85.9 cm³/mol. The summed E-state index contributed by atoms with van der Waals surface area (Å²) in [4.78, 5) is 23.4. The molecule has 0 aromatic heterocycles. The Balaban J connectivity index is 2.33. The van der Waals surface area contributed by atoms with E-state index in [0.29, 0.717) is 11.3 Å². The molecular formula is C16H14ClNO5. The fourth-order valence-electron chi connectivity index (χ4n) is 1.95. The number of rotatable bonds is 5. The average Bonchev–Trinajstić information content (AvgIpc) is 2.54. The van der Waals surface area contributed by atoms with Crippen LogP contribution in [0.1, 0.15) is 20.7 Å². The van der Waals surface area contributed by atoms with E-state index in [9.17, 15) is 9.59 Å². The van der Waals surface area contributed by atoms with Gasteiger partial charge in [-0.25, -0.2) is 4.79 Å². The Hall–Kier alpha value is -2.73. The van der Waals surface area contributed by atoms with Crippen molar-refractivity contribution in [1.29, 1.82) is 0 Å². The van der Waals surface area contributed by atoms with Crippen molar-refractivity contribution in [1.82, 2.24) is 0 Å². The van der Waals surface area contributed by atoms with Crippen LogP contribution in [-0.2, 0) is 0 Å². The second-order valence-corrected chi connectivity index (χ2v) is 4.93. The largest absolute Gasteiger partial charge is 0.497 e. The van der Waals surface area contributed by atoms with Gasteiger partial charge in [-0.15, -0.1) is 0 Å². The van der Waals surface area contributed by atoms with Crippen LogP contribution in [0.5, 0.6) is 11.5 Å². The summed E-state index contributed by atoms with van der Waals surface area (Å²) < 4.78 is 10.2. The molecule has 0 unspecified atom stereocenters. The van der Waals surface area contributed by atoms with E-state index in [4.69, 9.17) is 26.2 Å². The van der Waals surface area contributed by atoms with Crippen LogP contribution in [0.15, 0.2) is 36.4 Å². The maximum absolute atomic E-state index is 12.3. The number of methoxy groups -OCH3 is 2. The van der Waals surface area contributed by atoms with Gasteiger partial charge in [0.15, 0.2) is 5.75 Å². The van der Waals surface area contributed by atoms with Crippen molar-refractivity contribution in [3.63, 3.8) is 0 Å². The third kappa shape index (κ3) is 3.73. The van der Waals surface area contributed by atoms with Crippen LogP contribution in [0.2, 0.25) is 5.02 Å². The summed E-state index contributed by atoms with van der Waals surface area (Å²) in [7, 11) is 2.91. The number of ether oxygens (including phenoxy) is 2. The number of benzene rings is 2. The molecule has 0 spiro atoms. The maximum Gasteiger partial charge on any atom is 0.335 e. The van der Waals surface area contributed by atoms with Crippen LogP contribution < -0.4 is 14.8 Å². The third-order valence-corrected chi connectivity index (χ3v) is 3.38. The van der Waals surface area contributed by atoms with Gasteiger partial charge >= 0.3 is 5.97 Å². The maximum atomic E-state index is 12.3. The van der Waals surface area contributed by atoms with E-state index >= 15 is 0 Å². The van der Waals surface area contributed by atoms with Crippen molar-refractivity contribution < 1.29 is 24.2 Å². The van der Waals surface area contributed by atoms with Crippen LogP contribution in [0.25, 0.3) is 0 Å². The Labute approximate surface area is 137 Å². The lowest BCUT2D eigenvalue weighted by atomic mass is 10.1. The molecule has 120 valence electrons. The number of aromatic carboxylic acids is 1. The molecule has 0 aliphatic rings. The third-order valence-electron chi connectivity index (χ3n) is 3.10. The molecule has 1 amide bonds. The molecular weight excluding hydrogens is 322 g/mol. The number of carbonyl (C=O) groups is 2. The lowest BCUT2D eigenvalue weighted by Gasteiger charge is -2.13. The number of hydrogen-bond donors (Lipinski definition) is 2. The lowest BCUT2D eigenvalue weighted by molar-refractivity contribution is 0.0696. The van der Waals surface area contributed by atoms with Crippen molar-refractivity contribution in [2.75, 3.05) is 19.5 Å². The average molecular weight is 336 g/mol. The molecule has 2 N–H and O–H groups in total. The van der Waals surface area contributed by atoms with Gasteiger partial charge in [-0.1, -0.05) is 11.6 Å². The fraction of sp³-hybridized carbons (Fsp3) is 0.125. The summed E-state index contributed by atoms with van der Waals surface area (Å²) in [6.07, 6.45) is 0. The van der Waals surface area contributed by atoms with Gasteiger partial charge in [0.05, 0.1) is 30.5 Å². The molecule has 2 aromatic rings. The summed E-state index contributed by atoms with van der Waals surface area (Å²) in [6.45, 7) is 0. The highest BCUT2D eigenvalue weighted by Crippen LogP contribution is 2.34. The van der Waals surface area contributed by atoms with Crippen molar-refractivity contribution in [2.45, 2.75) is 0 Å². The van der Waals surface area contributed by atoms with Gasteiger partial charge in [-0.05, 0) is 36.4 Å². The molecule has 0 fully saturated rings. The molecule has 0 bridgehead atoms. The quantitative estimate of drug-likeness (QED) is 0.875. The molecule has 0 aliphatic heterocycles. The Morgan fingerprint density at radius 3 is 2.22 bits per heavy atom. The van der Waals surface area contributed by atoms with Gasteiger partial charge in [0, 0.05) is 5.56 Å². The molecule has 0 saturated heterocycles. The number of hydrogen-bond acceptors (Lipinski definition) is 4. The minimum atomic E-state index is -1.16. The lowest BCUT2D eigenvalue weighted by Crippen LogP contribution is -2.13. The van der Waals surface area contributed by atoms with Gasteiger partial charge < -0.3 is 19.9 Å². The number of carboxylic acids is 1. The Morgan fingerprint density at radius 1 is 1.04 bits per heavy atom. The number of nitrogens with one attached hydrogen (secondary N) is 1. The van der Waals surface area contributed by atoms with E-state index in [-0.39, 0.29) is 22.0 Å². The first kappa shape index (κ1) is 16.6. The molecule has 2 aromatic carbocycles. The number of amides is 1. The minimum Gasteiger partial charge on any atom is -0.497 e. The Bertz CT molecular complexity index is 743. The topological polar surface area (TPSA) is 84.9 Å².